The van der Waals surface area contributed by atoms with Crippen molar-refractivity contribution in [2.45, 2.75) is 0 Å². The molecule has 1 rings (SSSR count). The summed E-state index contributed by atoms with van der Waals surface area (Å²) in [6, 6.07) is 3.23. The maximum Gasteiger partial charge on any atom is 0.308 e. The zero-order chi connectivity index (χ0) is 8.43. The maximum atomic E-state index is 12.6. The molecule has 0 atom stereocenters. The fourth-order valence-corrected chi connectivity index (χ4v) is 0.649. The minimum absolute atomic E-state index is 0.709. The van der Waals surface area contributed by atoms with Gasteiger partial charge in [0.15, 0.2) is 5.75 Å². The molecule has 58 valence electrons. The Morgan fingerprint density at radius 2 is 2.18 bits per heavy atom. The van der Waals surface area contributed by atoms with Crippen LogP contribution in [0.15, 0.2) is 18.2 Å². The van der Waals surface area contributed by atoms with Gasteiger partial charge < -0.3 is 5.11 Å². The monoisotopic (exact) mass is 157 g/mol. The molecule has 0 aromatic heterocycles. The molecular formula is C6H4FNO3. The summed E-state index contributed by atoms with van der Waals surface area (Å²) in [5.74, 6) is -1.91. The molecule has 0 fully saturated rings. The summed E-state index contributed by atoms with van der Waals surface area (Å²) < 4.78 is 12.6. The first-order valence-electron chi connectivity index (χ1n) is 2.75. The number of nitrogens with zero attached hydrogens (tertiary/aromatic N) is 1. The van der Waals surface area contributed by atoms with Crippen LogP contribution in [0, 0.1) is 15.9 Å². The lowest BCUT2D eigenvalue weighted by atomic mass is 10.3. The first kappa shape index (κ1) is 7.46. The molecule has 1 N–H and O–H groups in total. The lowest BCUT2D eigenvalue weighted by molar-refractivity contribution is -0.387. The third-order valence-corrected chi connectivity index (χ3v) is 1.15. The van der Waals surface area contributed by atoms with Crippen molar-refractivity contribution in [3.63, 3.8) is 0 Å². The van der Waals surface area contributed by atoms with Crippen LogP contribution >= 0.6 is 0 Å². The van der Waals surface area contributed by atoms with Gasteiger partial charge >= 0.3 is 5.69 Å². The predicted molar refractivity (Wildman–Crippen MR) is 34.7 cm³/mol. The van der Waals surface area contributed by atoms with Gasteiger partial charge in [0.05, 0.1) is 4.92 Å². The van der Waals surface area contributed by atoms with Gasteiger partial charge in [-0.3, -0.25) is 10.1 Å². The van der Waals surface area contributed by atoms with Crippen LogP contribution in [-0.2, 0) is 0 Å². The lowest BCUT2D eigenvalue weighted by Crippen LogP contribution is -1.91. The number of phenols is 1. The summed E-state index contributed by atoms with van der Waals surface area (Å²) in [7, 11) is 0. The third-order valence-electron chi connectivity index (χ3n) is 1.15. The van der Waals surface area contributed by atoms with E-state index in [2.05, 4.69) is 0 Å². The first-order valence-corrected chi connectivity index (χ1v) is 2.75. The van der Waals surface area contributed by atoms with Crippen molar-refractivity contribution in [2.24, 2.45) is 0 Å². The van der Waals surface area contributed by atoms with Crippen LogP contribution in [0.25, 0.3) is 0 Å². The summed E-state index contributed by atoms with van der Waals surface area (Å²) in [6.07, 6.45) is 0. The van der Waals surface area contributed by atoms with Gasteiger partial charge in [-0.25, -0.2) is 0 Å². The van der Waals surface area contributed by atoms with Gasteiger partial charge in [-0.15, -0.1) is 0 Å². The van der Waals surface area contributed by atoms with E-state index < -0.39 is 22.2 Å². The fourth-order valence-electron chi connectivity index (χ4n) is 0.649. The van der Waals surface area contributed by atoms with E-state index in [1.54, 1.807) is 0 Å². The predicted octanol–water partition coefficient (Wildman–Crippen LogP) is 1.44. The summed E-state index contributed by atoms with van der Waals surface area (Å²) in [5, 5.41) is 18.7. The van der Waals surface area contributed by atoms with Crippen LogP contribution < -0.4 is 0 Å². The van der Waals surface area contributed by atoms with Crippen molar-refractivity contribution < 1.29 is 14.4 Å². The number of nitro benzene ring substituents is 1. The Hall–Kier alpha value is -1.65. The second-order valence-electron chi connectivity index (χ2n) is 1.87. The highest BCUT2D eigenvalue weighted by molar-refractivity contribution is 5.39. The SMILES string of the molecule is O=[N+]([O-])c1cccc(O)c1F. The maximum absolute atomic E-state index is 12.6. The Balaban J connectivity index is 3.27. The summed E-state index contributed by atoms with van der Waals surface area (Å²) in [6.45, 7) is 0. The molecule has 0 heterocycles. The number of hydrogen-bond acceptors (Lipinski definition) is 3. The van der Waals surface area contributed by atoms with Crippen molar-refractivity contribution in [3.05, 3.63) is 34.1 Å². The van der Waals surface area contributed by atoms with Gasteiger partial charge in [-0.2, -0.15) is 4.39 Å². The van der Waals surface area contributed by atoms with E-state index in [9.17, 15) is 14.5 Å². The standard InChI is InChI=1S/C6H4FNO3/c7-6-4(8(10)11)2-1-3-5(6)9/h1-3,9H. The van der Waals surface area contributed by atoms with Crippen LogP contribution in [0.4, 0.5) is 10.1 Å². The molecule has 1 aromatic carbocycles. The smallest absolute Gasteiger partial charge is 0.308 e. The highest BCUT2D eigenvalue weighted by atomic mass is 19.1. The molecule has 0 unspecified atom stereocenters. The number of benzene rings is 1. The van der Waals surface area contributed by atoms with Crippen LogP contribution in [0.1, 0.15) is 0 Å². The van der Waals surface area contributed by atoms with Gasteiger partial charge in [0.1, 0.15) is 0 Å². The molecule has 5 heteroatoms. The molecule has 0 saturated carbocycles. The summed E-state index contributed by atoms with van der Waals surface area (Å²) in [4.78, 5) is 9.13. The lowest BCUT2D eigenvalue weighted by Gasteiger charge is -1.94. The van der Waals surface area contributed by atoms with Crippen molar-refractivity contribution in [1.29, 1.82) is 0 Å². The molecule has 1 aromatic rings. The van der Waals surface area contributed by atoms with E-state index in [4.69, 9.17) is 5.11 Å². The Morgan fingerprint density at radius 3 is 2.64 bits per heavy atom. The molecule has 0 bridgehead atoms. The van der Waals surface area contributed by atoms with Crippen LogP contribution in [0.3, 0.4) is 0 Å². The summed E-state index contributed by atoms with van der Waals surface area (Å²) in [5.41, 5.74) is -0.718. The average molecular weight is 157 g/mol. The Bertz CT molecular complexity index is 300. The van der Waals surface area contributed by atoms with E-state index >= 15 is 0 Å². The number of aromatic hydroxyl groups is 1. The number of phenolic OH excluding ortho intramolecular Hbond substituents is 1. The second kappa shape index (κ2) is 2.53. The van der Waals surface area contributed by atoms with E-state index in [-0.39, 0.29) is 0 Å². The molecule has 0 saturated heterocycles. The molecule has 0 aliphatic carbocycles. The number of hydrogen-bond donors (Lipinski definition) is 1. The van der Waals surface area contributed by atoms with E-state index in [0.717, 1.165) is 12.1 Å². The Labute approximate surface area is 61.0 Å². The van der Waals surface area contributed by atoms with Crippen molar-refractivity contribution in [1.82, 2.24) is 0 Å². The molecular weight excluding hydrogens is 153 g/mol. The molecule has 0 spiro atoms. The Morgan fingerprint density at radius 1 is 1.55 bits per heavy atom. The van der Waals surface area contributed by atoms with E-state index in [0.29, 0.717) is 0 Å². The number of halogens is 1. The summed E-state index contributed by atoms with van der Waals surface area (Å²) >= 11 is 0. The van der Waals surface area contributed by atoms with Gasteiger partial charge in [0, 0.05) is 6.07 Å². The molecule has 11 heavy (non-hydrogen) atoms. The first-order chi connectivity index (χ1) is 5.13. The Kier molecular flexibility index (Phi) is 1.72. The molecule has 0 amide bonds. The number of nitro groups is 1. The highest BCUT2D eigenvalue weighted by Gasteiger charge is 2.15. The zero-order valence-electron chi connectivity index (χ0n) is 5.32. The largest absolute Gasteiger partial charge is 0.505 e. The second-order valence-corrected chi connectivity index (χ2v) is 1.87. The topological polar surface area (TPSA) is 63.4 Å². The molecule has 0 aliphatic rings. The van der Waals surface area contributed by atoms with Gasteiger partial charge in [0.25, 0.3) is 0 Å². The van der Waals surface area contributed by atoms with Crippen molar-refractivity contribution in [2.75, 3.05) is 0 Å². The van der Waals surface area contributed by atoms with Crippen molar-refractivity contribution >= 4 is 5.69 Å². The number of rotatable bonds is 1. The van der Waals surface area contributed by atoms with Gasteiger partial charge in [-0.05, 0) is 6.07 Å². The zero-order valence-corrected chi connectivity index (χ0v) is 5.32. The highest BCUT2D eigenvalue weighted by Crippen LogP contribution is 2.24. The molecule has 0 radical (unpaired) electrons. The van der Waals surface area contributed by atoms with E-state index in [1.165, 1.54) is 6.07 Å². The van der Waals surface area contributed by atoms with Crippen LogP contribution in [0.5, 0.6) is 5.75 Å². The van der Waals surface area contributed by atoms with Gasteiger partial charge in [-0.1, -0.05) is 6.07 Å². The van der Waals surface area contributed by atoms with Crippen molar-refractivity contribution in [3.8, 4) is 5.75 Å². The third kappa shape index (κ3) is 1.26. The normalized spacial score (nSPS) is 9.55. The molecule has 4 nitrogen and oxygen atoms in total. The average Bonchev–Trinajstić information content (AvgIpc) is 1.94. The van der Waals surface area contributed by atoms with Crippen LogP contribution in [0.2, 0.25) is 0 Å². The van der Waals surface area contributed by atoms with E-state index in [1.807, 2.05) is 0 Å². The van der Waals surface area contributed by atoms with Crippen LogP contribution in [-0.4, -0.2) is 10.0 Å². The van der Waals surface area contributed by atoms with Gasteiger partial charge in [0.2, 0.25) is 5.82 Å². The molecule has 0 aliphatic heterocycles. The minimum atomic E-state index is -1.20. The quantitative estimate of drug-likeness (QED) is 0.495. The minimum Gasteiger partial charge on any atom is -0.505 e. The fraction of sp³-hybridized carbons (Fsp3) is 0.